The van der Waals surface area contributed by atoms with Crippen LogP contribution in [-0.2, 0) is 0 Å². The van der Waals surface area contributed by atoms with Crippen molar-refractivity contribution >= 4 is 0 Å². The lowest BCUT2D eigenvalue weighted by atomic mass is 9.88. The predicted octanol–water partition coefficient (Wildman–Crippen LogP) is 14.7. The SMILES string of the molecule is Cc1ccc(-c2ccc(-c3cccc(-c4nc(-c5ccccc5)nc(-c5cccc(-c6ccccc6)c5)n4)c3)cc2-c2ccccc2-c2nc(-c3ccccc3)nc(-c3ccccc3)n2)c(C)n1. The van der Waals surface area contributed by atoms with Gasteiger partial charge < -0.3 is 0 Å². The summed E-state index contributed by atoms with van der Waals surface area (Å²) in [4.78, 5) is 35.5. The van der Waals surface area contributed by atoms with Crippen molar-refractivity contribution < 1.29 is 0 Å². The third kappa shape index (κ3) is 8.60. The Kier molecular flexibility index (Phi) is 11.3. The molecule has 0 aliphatic rings. The van der Waals surface area contributed by atoms with Crippen LogP contribution in [0.4, 0.5) is 0 Å². The molecule has 3 heterocycles. The molecule has 0 bridgehead atoms. The minimum atomic E-state index is 0.583. The first kappa shape index (κ1) is 41.6. The molecule has 0 atom stereocenters. The minimum absolute atomic E-state index is 0.583. The van der Waals surface area contributed by atoms with E-state index < -0.39 is 0 Å². The molecule has 11 rings (SSSR count). The number of pyridine rings is 1. The Bertz CT molecular complexity index is 3520. The van der Waals surface area contributed by atoms with Crippen molar-refractivity contribution in [2.75, 3.05) is 0 Å². The maximum atomic E-state index is 5.17. The van der Waals surface area contributed by atoms with Crippen molar-refractivity contribution in [3.63, 3.8) is 0 Å². The molecule has 0 fully saturated rings. The van der Waals surface area contributed by atoms with Gasteiger partial charge in [-0.1, -0.05) is 200 Å². The molecule has 68 heavy (non-hydrogen) atoms. The minimum Gasteiger partial charge on any atom is -0.258 e. The van der Waals surface area contributed by atoms with Crippen LogP contribution in [0.5, 0.6) is 0 Å². The van der Waals surface area contributed by atoms with Gasteiger partial charge in [-0.2, -0.15) is 0 Å². The van der Waals surface area contributed by atoms with Gasteiger partial charge in [0.05, 0.1) is 0 Å². The number of hydrogen-bond donors (Lipinski definition) is 0. The van der Waals surface area contributed by atoms with E-state index in [0.29, 0.717) is 34.9 Å². The van der Waals surface area contributed by atoms with Gasteiger partial charge in [-0.25, -0.2) is 29.9 Å². The van der Waals surface area contributed by atoms with Crippen LogP contribution in [0.15, 0.2) is 224 Å². The zero-order valence-electron chi connectivity index (χ0n) is 37.5. The molecule has 0 saturated heterocycles. The molecule has 0 radical (unpaired) electrons. The molecule has 7 nitrogen and oxygen atoms in total. The summed E-state index contributed by atoms with van der Waals surface area (Å²) in [5, 5.41) is 0. The highest BCUT2D eigenvalue weighted by atomic mass is 15.0. The maximum Gasteiger partial charge on any atom is 0.164 e. The van der Waals surface area contributed by atoms with E-state index in [1.807, 2.05) is 110 Å². The van der Waals surface area contributed by atoms with Crippen molar-refractivity contribution in [2.24, 2.45) is 0 Å². The smallest absolute Gasteiger partial charge is 0.164 e. The summed E-state index contributed by atoms with van der Waals surface area (Å²) in [6.45, 7) is 4.10. The molecular formula is C61H43N7. The number of aryl methyl sites for hydroxylation is 2. The Labute approximate surface area is 395 Å². The number of benzene rings is 8. The van der Waals surface area contributed by atoms with Crippen LogP contribution < -0.4 is 0 Å². The Morgan fingerprint density at radius 2 is 0.559 bits per heavy atom. The molecule has 3 aromatic heterocycles. The first-order valence-corrected chi connectivity index (χ1v) is 22.6. The quantitative estimate of drug-likeness (QED) is 0.135. The van der Waals surface area contributed by atoms with Gasteiger partial charge in [0.2, 0.25) is 0 Å². The molecule has 322 valence electrons. The number of aromatic nitrogens is 7. The highest BCUT2D eigenvalue weighted by Crippen LogP contribution is 2.42. The Balaban J connectivity index is 1.06. The average molecular weight is 874 g/mol. The van der Waals surface area contributed by atoms with Crippen LogP contribution in [0.2, 0.25) is 0 Å². The van der Waals surface area contributed by atoms with Gasteiger partial charge in [0, 0.05) is 50.3 Å². The highest BCUT2D eigenvalue weighted by Gasteiger charge is 2.20. The predicted molar refractivity (Wildman–Crippen MR) is 275 cm³/mol. The van der Waals surface area contributed by atoms with Crippen LogP contribution >= 0.6 is 0 Å². The number of hydrogen-bond acceptors (Lipinski definition) is 7. The zero-order chi connectivity index (χ0) is 45.8. The second-order valence-corrected chi connectivity index (χ2v) is 16.6. The van der Waals surface area contributed by atoms with Gasteiger partial charge in [-0.15, -0.1) is 0 Å². The Hall–Kier alpha value is -9.07. The standard InChI is InChI=1S/C61H43N7/c1-40-33-35-51(41(2)62-40)53-36-34-48(39-55(53)52-31-15-16-32-54(52)61-67-57(44-23-11-5-12-24-44)63-58(68-61)45-25-13-6-14-26-45)47-28-18-30-50(38-47)60-65-56(43-21-9-4-10-22-43)64-59(66-60)49-29-17-27-46(37-49)42-19-7-3-8-20-42/h3-39H,1-2H3. The van der Waals surface area contributed by atoms with Crippen molar-refractivity contribution in [3.8, 4) is 113 Å². The van der Waals surface area contributed by atoms with E-state index in [1.54, 1.807) is 0 Å². The van der Waals surface area contributed by atoms with Gasteiger partial charge in [0.25, 0.3) is 0 Å². The van der Waals surface area contributed by atoms with Gasteiger partial charge in [0.15, 0.2) is 34.9 Å². The van der Waals surface area contributed by atoms with Crippen LogP contribution in [0, 0.1) is 13.8 Å². The second kappa shape index (κ2) is 18.4. The summed E-state index contributed by atoms with van der Waals surface area (Å²) < 4.78 is 0. The summed E-state index contributed by atoms with van der Waals surface area (Å²) in [7, 11) is 0. The number of nitrogens with zero attached hydrogens (tertiary/aromatic N) is 7. The molecule has 0 saturated carbocycles. The van der Waals surface area contributed by atoms with Crippen LogP contribution in [0.3, 0.4) is 0 Å². The molecule has 0 N–H and O–H groups in total. The van der Waals surface area contributed by atoms with Crippen LogP contribution in [0.1, 0.15) is 11.4 Å². The maximum absolute atomic E-state index is 5.17. The normalized spacial score (nSPS) is 11.1. The lowest BCUT2D eigenvalue weighted by Gasteiger charge is -2.18. The molecule has 0 aliphatic carbocycles. The van der Waals surface area contributed by atoms with E-state index in [-0.39, 0.29) is 0 Å². The largest absolute Gasteiger partial charge is 0.258 e. The Morgan fingerprint density at radius 3 is 1.06 bits per heavy atom. The topological polar surface area (TPSA) is 90.2 Å². The molecule has 0 spiro atoms. The summed E-state index contributed by atoms with van der Waals surface area (Å²) in [6.07, 6.45) is 0. The molecule has 0 aliphatic heterocycles. The van der Waals surface area contributed by atoms with E-state index in [4.69, 9.17) is 34.9 Å². The van der Waals surface area contributed by atoms with E-state index in [1.165, 1.54) is 0 Å². The zero-order valence-corrected chi connectivity index (χ0v) is 37.5. The van der Waals surface area contributed by atoms with Crippen LogP contribution in [0.25, 0.3) is 113 Å². The molecule has 0 amide bonds. The second-order valence-electron chi connectivity index (χ2n) is 16.6. The van der Waals surface area contributed by atoms with Gasteiger partial charge in [-0.3, -0.25) is 4.98 Å². The summed E-state index contributed by atoms with van der Waals surface area (Å²) in [5.74, 6) is 3.59. The summed E-state index contributed by atoms with van der Waals surface area (Å²) >= 11 is 0. The molecular weight excluding hydrogens is 831 g/mol. The third-order valence-corrected chi connectivity index (χ3v) is 12.0. The van der Waals surface area contributed by atoms with Crippen LogP contribution in [-0.4, -0.2) is 34.9 Å². The van der Waals surface area contributed by atoms with Gasteiger partial charge in [0.1, 0.15) is 0 Å². The first-order chi connectivity index (χ1) is 33.5. The number of rotatable bonds is 10. The van der Waals surface area contributed by atoms with Gasteiger partial charge >= 0.3 is 0 Å². The fourth-order valence-electron chi connectivity index (χ4n) is 8.65. The molecule has 11 aromatic rings. The van der Waals surface area contributed by atoms with E-state index in [9.17, 15) is 0 Å². The first-order valence-electron chi connectivity index (χ1n) is 22.6. The van der Waals surface area contributed by atoms with E-state index in [0.717, 1.165) is 89.3 Å². The fourth-order valence-corrected chi connectivity index (χ4v) is 8.65. The monoisotopic (exact) mass is 873 g/mol. The average Bonchev–Trinajstić information content (AvgIpc) is 3.41. The molecule has 0 unspecified atom stereocenters. The van der Waals surface area contributed by atoms with Crippen molar-refractivity contribution in [1.29, 1.82) is 0 Å². The van der Waals surface area contributed by atoms with Crippen molar-refractivity contribution in [2.45, 2.75) is 13.8 Å². The highest BCUT2D eigenvalue weighted by molar-refractivity contribution is 5.93. The summed E-state index contributed by atoms with van der Waals surface area (Å²) in [5.41, 5.74) is 15.7. The van der Waals surface area contributed by atoms with E-state index >= 15 is 0 Å². The summed E-state index contributed by atoms with van der Waals surface area (Å²) in [6, 6.07) is 76.7. The van der Waals surface area contributed by atoms with Gasteiger partial charge in [-0.05, 0) is 77.1 Å². The lowest BCUT2D eigenvalue weighted by molar-refractivity contribution is 1.07. The Morgan fingerprint density at radius 1 is 0.206 bits per heavy atom. The molecule has 7 heteroatoms. The van der Waals surface area contributed by atoms with E-state index in [2.05, 4.69) is 128 Å². The molecule has 8 aromatic carbocycles. The lowest BCUT2D eigenvalue weighted by Crippen LogP contribution is -2.01. The van der Waals surface area contributed by atoms with Crippen molar-refractivity contribution in [3.05, 3.63) is 236 Å². The van der Waals surface area contributed by atoms with Crippen molar-refractivity contribution in [1.82, 2.24) is 34.9 Å². The third-order valence-electron chi connectivity index (χ3n) is 12.0. The fraction of sp³-hybridized carbons (Fsp3) is 0.0328.